The molecule has 81 heavy (non-hydrogen) atoms. The van der Waals surface area contributed by atoms with Gasteiger partial charge >= 0.3 is 5.97 Å². The van der Waals surface area contributed by atoms with Crippen LogP contribution in [-0.2, 0) is 14.3 Å². The normalized spacial score (nSPS) is 12.7. The Morgan fingerprint density at radius 3 is 0.877 bits per heavy atom. The van der Waals surface area contributed by atoms with Crippen molar-refractivity contribution in [2.24, 2.45) is 0 Å². The van der Waals surface area contributed by atoms with Crippen LogP contribution < -0.4 is 5.32 Å². The zero-order chi connectivity index (χ0) is 58.5. The van der Waals surface area contributed by atoms with Crippen LogP contribution in [0.5, 0.6) is 0 Å². The molecule has 0 heterocycles. The third-order valence-electron chi connectivity index (χ3n) is 17.1. The van der Waals surface area contributed by atoms with Crippen LogP contribution in [0.15, 0.2) is 36.5 Å². The summed E-state index contributed by atoms with van der Waals surface area (Å²) in [6.45, 7) is 4.93. The maximum Gasteiger partial charge on any atom is 0.305 e. The predicted octanol–water partition coefficient (Wildman–Crippen LogP) is 23.9. The predicted molar refractivity (Wildman–Crippen MR) is 356 cm³/mol. The van der Waals surface area contributed by atoms with Crippen molar-refractivity contribution in [2.75, 3.05) is 13.2 Å². The average Bonchev–Trinajstić information content (AvgIpc) is 3.47. The van der Waals surface area contributed by atoms with E-state index in [4.69, 9.17) is 4.74 Å². The van der Waals surface area contributed by atoms with Crippen LogP contribution in [0.25, 0.3) is 0 Å². The number of aliphatic hydroxyl groups is 2. The molecule has 6 nitrogen and oxygen atoms in total. The van der Waals surface area contributed by atoms with E-state index in [1.807, 2.05) is 6.08 Å². The fourth-order valence-corrected chi connectivity index (χ4v) is 11.5. The molecule has 0 fully saturated rings. The molecule has 3 N–H and O–H groups in total. The molecule has 0 aliphatic carbocycles. The van der Waals surface area contributed by atoms with Gasteiger partial charge in [0, 0.05) is 12.8 Å². The van der Waals surface area contributed by atoms with Gasteiger partial charge in [-0.3, -0.25) is 9.59 Å². The first-order chi connectivity index (χ1) is 40.0. The first-order valence-corrected chi connectivity index (χ1v) is 36.8. The van der Waals surface area contributed by atoms with Crippen molar-refractivity contribution < 1.29 is 24.5 Å². The molecular weight excluding hydrogens is 995 g/mol. The third-order valence-corrected chi connectivity index (χ3v) is 17.1. The molecule has 0 aromatic heterocycles. The highest BCUT2D eigenvalue weighted by Gasteiger charge is 2.18. The molecule has 2 atom stereocenters. The highest BCUT2D eigenvalue weighted by atomic mass is 16.5. The van der Waals surface area contributed by atoms with Crippen LogP contribution in [0.3, 0.4) is 0 Å². The summed E-state index contributed by atoms with van der Waals surface area (Å²) in [6, 6.07) is -0.626. The molecule has 0 aliphatic rings. The lowest BCUT2D eigenvalue weighted by Crippen LogP contribution is -2.45. The number of hydrogen-bond donors (Lipinski definition) is 3. The molecule has 0 aromatic rings. The minimum Gasteiger partial charge on any atom is -0.466 e. The Morgan fingerprint density at radius 2 is 0.580 bits per heavy atom. The van der Waals surface area contributed by atoms with Gasteiger partial charge in [-0.25, -0.2) is 0 Å². The fraction of sp³-hybridized carbons (Fsp3) is 0.893. The molecule has 0 saturated carbocycles. The number of ether oxygens (including phenoxy) is 1. The van der Waals surface area contributed by atoms with E-state index < -0.39 is 12.1 Å². The van der Waals surface area contributed by atoms with E-state index in [-0.39, 0.29) is 18.5 Å². The maximum atomic E-state index is 12.5. The second-order valence-electron chi connectivity index (χ2n) is 25.3. The fourth-order valence-electron chi connectivity index (χ4n) is 11.5. The first-order valence-electron chi connectivity index (χ1n) is 36.8. The van der Waals surface area contributed by atoms with E-state index in [2.05, 4.69) is 43.5 Å². The van der Waals surface area contributed by atoms with Gasteiger partial charge in [0.15, 0.2) is 0 Å². The molecule has 0 rings (SSSR count). The number of amides is 1. The largest absolute Gasteiger partial charge is 0.466 e. The number of aliphatic hydroxyl groups excluding tert-OH is 2. The highest BCUT2D eigenvalue weighted by Crippen LogP contribution is 2.18. The number of unbranched alkanes of at least 4 members (excludes halogenated alkanes) is 54. The van der Waals surface area contributed by atoms with Gasteiger partial charge < -0.3 is 20.3 Å². The van der Waals surface area contributed by atoms with E-state index >= 15 is 0 Å². The van der Waals surface area contributed by atoms with Gasteiger partial charge in [-0.1, -0.05) is 346 Å². The summed E-state index contributed by atoms with van der Waals surface area (Å²) in [7, 11) is 0. The molecule has 6 heteroatoms. The van der Waals surface area contributed by atoms with Crippen molar-refractivity contribution in [3.8, 4) is 0 Å². The number of carbonyl (C=O) groups is 2. The average molecular weight is 1140 g/mol. The molecule has 478 valence electrons. The van der Waals surface area contributed by atoms with Gasteiger partial charge in [0.1, 0.15) is 0 Å². The Labute approximate surface area is 506 Å². The smallest absolute Gasteiger partial charge is 0.305 e. The summed E-state index contributed by atoms with van der Waals surface area (Å²) in [5, 5.41) is 23.2. The van der Waals surface area contributed by atoms with E-state index in [1.54, 1.807) is 6.08 Å². The van der Waals surface area contributed by atoms with Crippen LogP contribution >= 0.6 is 0 Å². The Morgan fingerprint density at radius 1 is 0.333 bits per heavy atom. The molecule has 1 amide bonds. The number of carbonyl (C=O) groups excluding carboxylic acids is 2. The van der Waals surface area contributed by atoms with Crippen molar-refractivity contribution in [1.29, 1.82) is 0 Å². The highest BCUT2D eigenvalue weighted by molar-refractivity contribution is 5.76. The lowest BCUT2D eigenvalue weighted by molar-refractivity contribution is -0.143. The molecule has 2 unspecified atom stereocenters. The maximum absolute atomic E-state index is 12.5. The zero-order valence-corrected chi connectivity index (χ0v) is 54.8. The van der Waals surface area contributed by atoms with E-state index in [1.165, 1.54) is 334 Å². The van der Waals surface area contributed by atoms with E-state index in [0.717, 1.165) is 44.9 Å². The minimum atomic E-state index is -0.843. The number of hydrogen-bond acceptors (Lipinski definition) is 5. The van der Waals surface area contributed by atoms with Crippen LogP contribution in [0.1, 0.15) is 406 Å². The Balaban J connectivity index is 3.37. The summed E-state index contributed by atoms with van der Waals surface area (Å²) in [5.41, 5.74) is 0. The second kappa shape index (κ2) is 70.6. The summed E-state index contributed by atoms with van der Waals surface area (Å²) < 4.78 is 5.50. The summed E-state index contributed by atoms with van der Waals surface area (Å²) in [6.07, 6.45) is 91.0. The van der Waals surface area contributed by atoms with Crippen molar-refractivity contribution in [2.45, 2.75) is 418 Å². The monoisotopic (exact) mass is 1140 g/mol. The molecule has 0 spiro atoms. The minimum absolute atomic E-state index is 0.0146. The quantitative estimate of drug-likeness (QED) is 0.0320. The Hall–Kier alpha value is -1.92. The van der Waals surface area contributed by atoms with Crippen LogP contribution in [0.2, 0.25) is 0 Å². The van der Waals surface area contributed by atoms with Gasteiger partial charge in [-0.15, -0.1) is 0 Å². The van der Waals surface area contributed by atoms with Gasteiger partial charge in [0.05, 0.1) is 25.4 Å². The van der Waals surface area contributed by atoms with Crippen molar-refractivity contribution in [1.82, 2.24) is 5.32 Å². The van der Waals surface area contributed by atoms with E-state index in [9.17, 15) is 19.8 Å². The van der Waals surface area contributed by atoms with Crippen molar-refractivity contribution >= 4 is 11.9 Å². The van der Waals surface area contributed by atoms with Gasteiger partial charge in [0.25, 0.3) is 0 Å². The summed E-state index contributed by atoms with van der Waals surface area (Å²) >= 11 is 0. The van der Waals surface area contributed by atoms with Crippen molar-refractivity contribution in [3.05, 3.63) is 36.5 Å². The molecule has 0 radical (unpaired) electrons. The molecule has 0 aromatic carbocycles. The number of rotatable bonds is 69. The van der Waals surface area contributed by atoms with Crippen LogP contribution in [-0.4, -0.2) is 47.4 Å². The Bertz CT molecular complexity index is 1310. The molecule has 0 saturated heterocycles. The lowest BCUT2D eigenvalue weighted by Gasteiger charge is -2.20. The Kier molecular flexibility index (Phi) is 68.9. The summed E-state index contributed by atoms with van der Waals surface area (Å²) in [4.78, 5) is 24.6. The number of nitrogens with one attached hydrogen (secondary N) is 1. The van der Waals surface area contributed by atoms with Gasteiger partial charge in [0.2, 0.25) is 5.91 Å². The second-order valence-corrected chi connectivity index (χ2v) is 25.3. The standard InChI is InChI=1S/C75H143NO5/c1-3-5-7-9-11-13-15-17-19-36-41-45-49-53-57-61-65-69-75(80)81-70-66-62-58-54-50-46-42-38-35-33-31-29-27-25-23-21-22-24-26-28-30-32-34-37-40-44-48-52-56-60-64-68-74(79)76-72(71-77)73(78)67-63-59-55-51-47-43-39-20-18-16-14-12-10-8-6-4-2/h17,19,23,25,63,67,72-73,77-78H,3-16,18,20-22,24,26-62,64-66,68-71H2,1-2H3,(H,76,79)/b19-17-,25-23-,67-63+. The van der Waals surface area contributed by atoms with E-state index in [0.29, 0.717) is 19.4 Å². The third kappa shape index (κ3) is 67.1. The molecule has 0 bridgehead atoms. The summed E-state index contributed by atoms with van der Waals surface area (Å²) in [5.74, 6) is -0.0487. The number of allylic oxidation sites excluding steroid dienone is 5. The first kappa shape index (κ1) is 79.1. The molecular formula is C75H143NO5. The number of esters is 1. The lowest BCUT2D eigenvalue weighted by atomic mass is 10.0. The van der Waals surface area contributed by atoms with Gasteiger partial charge in [-0.2, -0.15) is 0 Å². The zero-order valence-electron chi connectivity index (χ0n) is 54.8. The topological polar surface area (TPSA) is 95.9 Å². The SMILES string of the molecule is CCCCCCCC/C=C\CCCCCCCCCC(=O)OCCCCCCCCCCCCCC/C=C\CCCCCCCCCCCCCCCCCC(=O)NC(CO)C(O)/C=C/CCCCCCCCCCCCCCCC. The van der Waals surface area contributed by atoms with Crippen LogP contribution in [0.4, 0.5) is 0 Å². The molecule has 0 aliphatic heterocycles. The van der Waals surface area contributed by atoms with Crippen molar-refractivity contribution in [3.63, 3.8) is 0 Å². The van der Waals surface area contributed by atoms with Gasteiger partial charge in [-0.05, 0) is 83.5 Å². The van der Waals surface area contributed by atoms with Crippen LogP contribution in [0, 0.1) is 0 Å².